The molecular weight excluding hydrogens is 294 g/mol. The molecular formula is C15H10F2N2OS. The van der Waals surface area contributed by atoms with E-state index in [1.165, 1.54) is 17.4 Å². The number of hydrogen-bond donors (Lipinski definition) is 1. The lowest BCUT2D eigenvalue weighted by molar-refractivity contribution is 0.408. The van der Waals surface area contributed by atoms with Gasteiger partial charge in [-0.05, 0) is 30.7 Å². The number of thiazole rings is 1. The number of aromatic hydroxyl groups is 1. The molecule has 2 heterocycles. The molecule has 3 rings (SSSR count). The molecule has 0 bridgehead atoms. The Morgan fingerprint density at radius 1 is 1.10 bits per heavy atom. The zero-order chi connectivity index (χ0) is 15.0. The van der Waals surface area contributed by atoms with E-state index in [0.717, 1.165) is 17.2 Å². The molecule has 0 radical (unpaired) electrons. The van der Waals surface area contributed by atoms with Crippen molar-refractivity contribution in [2.75, 3.05) is 0 Å². The van der Waals surface area contributed by atoms with Gasteiger partial charge in [0.15, 0.2) is 11.6 Å². The van der Waals surface area contributed by atoms with Crippen LogP contribution >= 0.6 is 11.3 Å². The molecule has 0 aliphatic heterocycles. The summed E-state index contributed by atoms with van der Waals surface area (Å²) in [5, 5.41) is 11.5. The highest BCUT2D eigenvalue weighted by Crippen LogP contribution is 2.33. The van der Waals surface area contributed by atoms with Gasteiger partial charge in [0.1, 0.15) is 5.01 Å². The van der Waals surface area contributed by atoms with Gasteiger partial charge in [0, 0.05) is 28.9 Å². The molecule has 0 unspecified atom stereocenters. The number of nitrogens with zero attached hydrogens (tertiary/aromatic N) is 2. The first-order valence-electron chi connectivity index (χ1n) is 6.12. The van der Waals surface area contributed by atoms with Crippen LogP contribution in [0.3, 0.4) is 0 Å². The molecule has 1 aromatic carbocycles. The fourth-order valence-corrected chi connectivity index (χ4v) is 2.84. The highest BCUT2D eigenvalue weighted by atomic mass is 32.1. The number of phenolic OH excluding ortho intramolecular Hbond substituents is 1. The van der Waals surface area contributed by atoms with E-state index in [4.69, 9.17) is 5.11 Å². The van der Waals surface area contributed by atoms with E-state index in [1.54, 1.807) is 17.8 Å². The Kier molecular flexibility index (Phi) is 3.39. The monoisotopic (exact) mass is 304 g/mol. The molecule has 0 saturated heterocycles. The van der Waals surface area contributed by atoms with E-state index in [2.05, 4.69) is 9.97 Å². The Labute approximate surface area is 123 Å². The van der Waals surface area contributed by atoms with Gasteiger partial charge in [-0.15, -0.1) is 11.3 Å². The highest BCUT2D eigenvalue weighted by molar-refractivity contribution is 7.13. The van der Waals surface area contributed by atoms with Crippen molar-refractivity contribution in [3.63, 3.8) is 0 Å². The summed E-state index contributed by atoms with van der Waals surface area (Å²) >= 11 is 1.33. The lowest BCUT2D eigenvalue weighted by Gasteiger charge is -2.03. The van der Waals surface area contributed by atoms with Crippen molar-refractivity contribution in [1.29, 1.82) is 0 Å². The summed E-state index contributed by atoms with van der Waals surface area (Å²) in [5.41, 5.74) is 2.21. The summed E-state index contributed by atoms with van der Waals surface area (Å²) in [6.07, 6.45) is 3.37. The van der Waals surface area contributed by atoms with Crippen molar-refractivity contribution in [3.05, 3.63) is 53.2 Å². The van der Waals surface area contributed by atoms with E-state index in [1.807, 2.05) is 13.0 Å². The van der Waals surface area contributed by atoms with Crippen LogP contribution in [0.2, 0.25) is 0 Å². The molecule has 106 valence electrons. The quantitative estimate of drug-likeness (QED) is 0.773. The average Bonchev–Trinajstić information content (AvgIpc) is 2.95. The molecule has 1 N–H and O–H groups in total. The molecule has 0 aliphatic rings. The summed E-state index contributed by atoms with van der Waals surface area (Å²) < 4.78 is 27.3. The van der Waals surface area contributed by atoms with Crippen molar-refractivity contribution in [3.8, 4) is 27.6 Å². The summed E-state index contributed by atoms with van der Waals surface area (Å²) in [5.74, 6) is -3.08. The van der Waals surface area contributed by atoms with Gasteiger partial charge in [-0.2, -0.15) is 4.39 Å². The Hall–Kier alpha value is -2.34. The van der Waals surface area contributed by atoms with Crippen LogP contribution < -0.4 is 0 Å². The fraction of sp³-hybridized carbons (Fsp3) is 0.0667. The molecule has 3 aromatic rings. The van der Waals surface area contributed by atoms with Crippen molar-refractivity contribution >= 4 is 11.3 Å². The van der Waals surface area contributed by atoms with E-state index >= 15 is 0 Å². The SMILES string of the molecule is Cc1ccncc1-c1nc(-c2ccc(O)c(F)c2F)cs1. The second-order valence-corrected chi connectivity index (χ2v) is 5.35. The van der Waals surface area contributed by atoms with E-state index in [9.17, 15) is 8.78 Å². The molecule has 0 spiro atoms. The largest absolute Gasteiger partial charge is 0.505 e. The number of phenols is 1. The maximum Gasteiger partial charge on any atom is 0.201 e. The molecule has 2 aromatic heterocycles. The molecule has 0 atom stereocenters. The number of aryl methyl sites for hydroxylation is 1. The standard InChI is InChI=1S/C15H10F2N2OS/c1-8-4-5-18-6-10(8)15-19-11(7-21-15)9-2-3-12(20)14(17)13(9)16/h2-7,20H,1H3. The first-order valence-corrected chi connectivity index (χ1v) is 6.99. The maximum absolute atomic E-state index is 13.9. The smallest absolute Gasteiger partial charge is 0.201 e. The topological polar surface area (TPSA) is 46.0 Å². The molecule has 3 nitrogen and oxygen atoms in total. The third-order valence-electron chi connectivity index (χ3n) is 3.11. The lowest BCUT2D eigenvalue weighted by Crippen LogP contribution is -1.91. The first kappa shape index (κ1) is 13.6. The Morgan fingerprint density at radius 2 is 1.90 bits per heavy atom. The molecule has 0 fully saturated rings. The average molecular weight is 304 g/mol. The van der Waals surface area contributed by atoms with Crippen molar-refractivity contribution in [2.24, 2.45) is 0 Å². The minimum atomic E-state index is -1.26. The summed E-state index contributed by atoms with van der Waals surface area (Å²) in [6, 6.07) is 4.28. The molecule has 21 heavy (non-hydrogen) atoms. The van der Waals surface area contributed by atoms with E-state index in [0.29, 0.717) is 10.7 Å². The Morgan fingerprint density at radius 3 is 2.67 bits per heavy atom. The van der Waals surface area contributed by atoms with Gasteiger partial charge in [-0.1, -0.05) is 0 Å². The minimum absolute atomic E-state index is 0.0225. The number of halogens is 2. The number of hydrogen-bond acceptors (Lipinski definition) is 4. The summed E-state index contributed by atoms with van der Waals surface area (Å²) in [4.78, 5) is 8.38. The number of pyridine rings is 1. The zero-order valence-corrected chi connectivity index (χ0v) is 11.8. The van der Waals surface area contributed by atoms with Crippen LogP contribution in [0.25, 0.3) is 21.8 Å². The molecule has 0 saturated carbocycles. The van der Waals surface area contributed by atoms with E-state index in [-0.39, 0.29) is 5.56 Å². The van der Waals surface area contributed by atoms with Gasteiger partial charge in [0.25, 0.3) is 0 Å². The van der Waals surface area contributed by atoms with Crippen LogP contribution in [0.15, 0.2) is 36.0 Å². The second kappa shape index (κ2) is 5.21. The summed E-state index contributed by atoms with van der Waals surface area (Å²) in [6.45, 7) is 1.93. The third-order valence-corrected chi connectivity index (χ3v) is 3.99. The van der Waals surface area contributed by atoms with Gasteiger partial charge < -0.3 is 5.11 Å². The maximum atomic E-state index is 13.9. The normalized spacial score (nSPS) is 10.8. The lowest BCUT2D eigenvalue weighted by atomic mass is 10.1. The van der Waals surface area contributed by atoms with Gasteiger partial charge >= 0.3 is 0 Å². The number of benzene rings is 1. The van der Waals surface area contributed by atoms with Gasteiger partial charge in [0.05, 0.1) is 5.69 Å². The Bertz CT molecular complexity index is 817. The zero-order valence-electron chi connectivity index (χ0n) is 11.0. The molecule has 0 aliphatic carbocycles. The number of aromatic nitrogens is 2. The number of rotatable bonds is 2. The van der Waals surface area contributed by atoms with Crippen LogP contribution in [0.4, 0.5) is 8.78 Å². The van der Waals surface area contributed by atoms with E-state index < -0.39 is 17.4 Å². The third kappa shape index (κ3) is 2.38. The minimum Gasteiger partial charge on any atom is -0.505 e. The van der Waals surface area contributed by atoms with Crippen LogP contribution in [0, 0.1) is 18.6 Å². The first-order chi connectivity index (χ1) is 10.1. The van der Waals surface area contributed by atoms with Gasteiger partial charge in [0.2, 0.25) is 5.82 Å². The van der Waals surface area contributed by atoms with Crippen LogP contribution in [0.1, 0.15) is 5.56 Å². The second-order valence-electron chi connectivity index (χ2n) is 4.49. The predicted molar refractivity (Wildman–Crippen MR) is 77.1 cm³/mol. The van der Waals surface area contributed by atoms with Crippen LogP contribution in [-0.4, -0.2) is 15.1 Å². The predicted octanol–water partition coefficient (Wildman–Crippen LogP) is 4.16. The van der Waals surface area contributed by atoms with Crippen LogP contribution in [-0.2, 0) is 0 Å². The van der Waals surface area contributed by atoms with Crippen molar-refractivity contribution in [2.45, 2.75) is 6.92 Å². The Balaban J connectivity index is 2.07. The van der Waals surface area contributed by atoms with Crippen LogP contribution in [0.5, 0.6) is 5.75 Å². The summed E-state index contributed by atoms with van der Waals surface area (Å²) in [7, 11) is 0. The van der Waals surface area contributed by atoms with Crippen molar-refractivity contribution in [1.82, 2.24) is 9.97 Å². The highest BCUT2D eigenvalue weighted by Gasteiger charge is 2.17. The molecule has 6 heteroatoms. The van der Waals surface area contributed by atoms with Gasteiger partial charge in [-0.25, -0.2) is 9.37 Å². The van der Waals surface area contributed by atoms with Gasteiger partial charge in [-0.3, -0.25) is 4.98 Å². The fourth-order valence-electron chi connectivity index (χ4n) is 1.95. The van der Waals surface area contributed by atoms with Crippen molar-refractivity contribution < 1.29 is 13.9 Å². The molecule has 0 amide bonds.